The summed E-state index contributed by atoms with van der Waals surface area (Å²) >= 11 is 0. The number of rotatable bonds is 5. The Labute approximate surface area is 148 Å². The lowest BCUT2D eigenvalue weighted by atomic mass is 9.85. The Balaban J connectivity index is 1.93. The molecule has 1 heterocycles. The van der Waals surface area contributed by atoms with Crippen LogP contribution < -0.4 is 4.74 Å². The third-order valence-electron chi connectivity index (χ3n) is 4.79. The van der Waals surface area contributed by atoms with Crippen molar-refractivity contribution in [2.75, 3.05) is 26.2 Å². The molecule has 1 saturated heterocycles. The van der Waals surface area contributed by atoms with E-state index >= 15 is 0 Å². The largest absolute Gasteiger partial charge is 0.491 e. The number of β-amino-alcohol motifs (C(OH)–C–C–N with tert-alkyl or cyclic N) is 1. The van der Waals surface area contributed by atoms with Gasteiger partial charge in [0.05, 0.1) is 0 Å². The van der Waals surface area contributed by atoms with Gasteiger partial charge >= 0.3 is 0 Å². The van der Waals surface area contributed by atoms with E-state index in [0.717, 1.165) is 18.8 Å². The Bertz CT molecular complexity index is 525. The SMILES string of the molecule is Cc1ccc(OC[C@@H](O)CN2C[C@@H](C)C[C@H](C)C2)c(C(C)(C)C)c1. The number of hydrogen-bond acceptors (Lipinski definition) is 3. The highest BCUT2D eigenvalue weighted by Gasteiger charge is 2.24. The molecule has 1 aromatic carbocycles. The van der Waals surface area contributed by atoms with E-state index in [1.54, 1.807) is 0 Å². The molecule has 1 aromatic rings. The molecular formula is C21H35NO2. The summed E-state index contributed by atoms with van der Waals surface area (Å²) in [6.07, 6.45) is 0.845. The normalized spacial score (nSPS) is 24.0. The second-order valence-corrected chi connectivity index (χ2v) is 8.88. The smallest absolute Gasteiger partial charge is 0.123 e. The lowest BCUT2D eigenvalue weighted by Crippen LogP contribution is -2.44. The molecule has 3 heteroatoms. The summed E-state index contributed by atoms with van der Waals surface area (Å²) in [5.41, 5.74) is 2.48. The number of aliphatic hydroxyl groups excluding tert-OH is 1. The molecule has 1 aliphatic heterocycles. The summed E-state index contributed by atoms with van der Waals surface area (Å²) in [4.78, 5) is 2.38. The monoisotopic (exact) mass is 333 g/mol. The van der Waals surface area contributed by atoms with Gasteiger partial charge in [-0.2, -0.15) is 0 Å². The predicted octanol–water partition coefficient (Wildman–Crippen LogP) is 4.01. The Morgan fingerprint density at radius 1 is 1.21 bits per heavy atom. The molecule has 0 amide bonds. The number of piperidine rings is 1. The number of aliphatic hydroxyl groups is 1. The zero-order chi connectivity index (χ0) is 17.9. The topological polar surface area (TPSA) is 32.7 Å². The van der Waals surface area contributed by atoms with Gasteiger partial charge in [0.1, 0.15) is 18.5 Å². The van der Waals surface area contributed by atoms with Crippen LogP contribution in [-0.2, 0) is 5.41 Å². The van der Waals surface area contributed by atoms with Crippen molar-refractivity contribution >= 4 is 0 Å². The summed E-state index contributed by atoms with van der Waals surface area (Å²) in [6, 6.07) is 6.30. The van der Waals surface area contributed by atoms with E-state index in [2.05, 4.69) is 58.6 Å². The molecule has 0 spiro atoms. The van der Waals surface area contributed by atoms with Crippen LogP contribution in [0, 0.1) is 18.8 Å². The average Bonchev–Trinajstić information content (AvgIpc) is 2.43. The van der Waals surface area contributed by atoms with Crippen molar-refractivity contribution in [1.29, 1.82) is 0 Å². The highest BCUT2D eigenvalue weighted by atomic mass is 16.5. The van der Waals surface area contributed by atoms with Crippen LogP contribution in [0.15, 0.2) is 18.2 Å². The van der Waals surface area contributed by atoms with Crippen LogP contribution in [0.25, 0.3) is 0 Å². The molecule has 24 heavy (non-hydrogen) atoms. The van der Waals surface area contributed by atoms with Gasteiger partial charge in [0.15, 0.2) is 0 Å². The lowest BCUT2D eigenvalue weighted by Gasteiger charge is -2.36. The molecule has 0 bridgehead atoms. The summed E-state index contributed by atoms with van der Waals surface area (Å²) in [5.74, 6) is 2.32. The molecule has 0 aliphatic carbocycles. The van der Waals surface area contributed by atoms with Crippen molar-refractivity contribution < 1.29 is 9.84 Å². The van der Waals surface area contributed by atoms with Crippen LogP contribution in [0.3, 0.4) is 0 Å². The number of hydrogen-bond donors (Lipinski definition) is 1. The molecular weight excluding hydrogens is 298 g/mol. The second-order valence-electron chi connectivity index (χ2n) is 8.88. The van der Waals surface area contributed by atoms with Crippen LogP contribution in [0.5, 0.6) is 5.75 Å². The van der Waals surface area contributed by atoms with Gasteiger partial charge in [-0.25, -0.2) is 0 Å². The van der Waals surface area contributed by atoms with Gasteiger partial charge in [0, 0.05) is 19.6 Å². The van der Waals surface area contributed by atoms with E-state index < -0.39 is 6.10 Å². The third-order valence-corrected chi connectivity index (χ3v) is 4.79. The minimum atomic E-state index is -0.448. The quantitative estimate of drug-likeness (QED) is 0.884. The van der Waals surface area contributed by atoms with Gasteiger partial charge < -0.3 is 14.7 Å². The minimum Gasteiger partial charge on any atom is -0.491 e. The Kier molecular flexibility index (Phi) is 6.33. The standard InChI is InChI=1S/C21H35NO2/c1-15-7-8-20(19(10-15)21(4,5)6)24-14-18(23)13-22-11-16(2)9-17(3)12-22/h7-8,10,16-18,23H,9,11-14H2,1-6H3/t16-,17-,18-/m0/s1. The minimum absolute atomic E-state index is 0.0318. The van der Waals surface area contributed by atoms with Crippen molar-refractivity contribution in [1.82, 2.24) is 4.90 Å². The zero-order valence-corrected chi connectivity index (χ0v) is 16.3. The van der Waals surface area contributed by atoms with E-state index in [1.807, 2.05) is 6.07 Å². The molecule has 1 N–H and O–H groups in total. The second kappa shape index (κ2) is 7.88. The van der Waals surface area contributed by atoms with E-state index in [9.17, 15) is 5.11 Å². The fourth-order valence-corrected chi connectivity index (χ4v) is 3.83. The van der Waals surface area contributed by atoms with Gasteiger partial charge in [0.25, 0.3) is 0 Å². The molecule has 3 atom stereocenters. The molecule has 0 unspecified atom stereocenters. The summed E-state index contributed by atoms with van der Waals surface area (Å²) in [6.45, 7) is 16.5. The van der Waals surface area contributed by atoms with Crippen molar-refractivity contribution in [3.05, 3.63) is 29.3 Å². The van der Waals surface area contributed by atoms with Crippen LogP contribution in [0.2, 0.25) is 0 Å². The fourth-order valence-electron chi connectivity index (χ4n) is 3.83. The first-order valence-corrected chi connectivity index (χ1v) is 9.29. The maximum atomic E-state index is 10.4. The Morgan fingerprint density at radius 2 is 1.83 bits per heavy atom. The number of ether oxygens (including phenoxy) is 1. The molecule has 0 saturated carbocycles. The molecule has 2 rings (SSSR count). The van der Waals surface area contributed by atoms with Crippen LogP contribution in [0.1, 0.15) is 52.2 Å². The first-order valence-electron chi connectivity index (χ1n) is 9.29. The van der Waals surface area contributed by atoms with E-state index in [4.69, 9.17) is 4.74 Å². The van der Waals surface area contributed by atoms with Crippen molar-refractivity contribution in [2.24, 2.45) is 11.8 Å². The highest BCUT2D eigenvalue weighted by Crippen LogP contribution is 2.32. The average molecular weight is 334 g/mol. The first-order chi connectivity index (χ1) is 11.1. The van der Waals surface area contributed by atoms with Crippen LogP contribution in [0.4, 0.5) is 0 Å². The van der Waals surface area contributed by atoms with Gasteiger partial charge in [-0.05, 0) is 42.2 Å². The van der Waals surface area contributed by atoms with E-state index in [-0.39, 0.29) is 5.41 Å². The van der Waals surface area contributed by atoms with Crippen molar-refractivity contribution in [3.8, 4) is 5.75 Å². The number of aryl methyl sites for hydroxylation is 1. The van der Waals surface area contributed by atoms with Crippen LogP contribution >= 0.6 is 0 Å². The Morgan fingerprint density at radius 3 is 2.42 bits per heavy atom. The van der Waals surface area contributed by atoms with E-state index in [1.165, 1.54) is 17.5 Å². The molecule has 1 aliphatic rings. The zero-order valence-electron chi connectivity index (χ0n) is 16.3. The maximum absolute atomic E-state index is 10.4. The molecule has 0 radical (unpaired) electrons. The van der Waals surface area contributed by atoms with Gasteiger partial charge in [-0.3, -0.25) is 0 Å². The maximum Gasteiger partial charge on any atom is 0.123 e. The van der Waals surface area contributed by atoms with Gasteiger partial charge in [0.2, 0.25) is 0 Å². The lowest BCUT2D eigenvalue weighted by molar-refractivity contribution is 0.0424. The summed E-state index contributed by atoms with van der Waals surface area (Å²) < 4.78 is 6.00. The summed E-state index contributed by atoms with van der Waals surface area (Å²) in [5, 5.41) is 10.4. The molecule has 3 nitrogen and oxygen atoms in total. The number of likely N-dealkylation sites (tertiary alicyclic amines) is 1. The van der Waals surface area contributed by atoms with Crippen molar-refractivity contribution in [3.63, 3.8) is 0 Å². The highest BCUT2D eigenvalue weighted by molar-refractivity contribution is 5.41. The molecule has 136 valence electrons. The number of benzene rings is 1. The number of nitrogens with zero attached hydrogens (tertiary/aromatic N) is 1. The van der Waals surface area contributed by atoms with Crippen molar-refractivity contribution in [2.45, 2.75) is 59.5 Å². The fraction of sp³-hybridized carbons (Fsp3) is 0.714. The first kappa shape index (κ1) is 19.3. The van der Waals surface area contributed by atoms with E-state index in [0.29, 0.717) is 25.0 Å². The van der Waals surface area contributed by atoms with Gasteiger partial charge in [-0.15, -0.1) is 0 Å². The summed E-state index contributed by atoms with van der Waals surface area (Å²) in [7, 11) is 0. The predicted molar refractivity (Wildman–Crippen MR) is 101 cm³/mol. The van der Waals surface area contributed by atoms with Crippen LogP contribution in [-0.4, -0.2) is 42.4 Å². The Hall–Kier alpha value is -1.06. The molecule has 1 fully saturated rings. The third kappa shape index (κ3) is 5.49. The molecule has 0 aromatic heterocycles. The van der Waals surface area contributed by atoms with Gasteiger partial charge in [-0.1, -0.05) is 52.3 Å².